The van der Waals surface area contributed by atoms with E-state index in [1.54, 1.807) is 0 Å². The number of halogens is 4. The minimum absolute atomic E-state index is 0.00656. The summed E-state index contributed by atoms with van der Waals surface area (Å²) in [4.78, 5) is 6.20. The molecule has 1 N–H and O–H groups in total. The van der Waals surface area contributed by atoms with Crippen LogP contribution in [0.3, 0.4) is 0 Å². The van der Waals surface area contributed by atoms with Crippen molar-refractivity contribution in [3.63, 3.8) is 0 Å². The zero-order chi connectivity index (χ0) is 24.0. The number of aromatic nitrogens is 1. The van der Waals surface area contributed by atoms with Crippen LogP contribution in [0.25, 0.3) is 0 Å². The van der Waals surface area contributed by atoms with Crippen LogP contribution in [0.1, 0.15) is 32.1 Å². The molecule has 2 aromatic rings. The Balaban J connectivity index is 1.65. The highest BCUT2D eigenvalue weighted by molar-refractivity contribution is 7.92. The van der Waals surface area contributed by atoms with Gasteiger partial charge in [-0.15, -0.1) is 0 Å². The number of pyridine rings is 1. The Kier molecular flexibility index (Phi) is 6.54. The number of anilines is 2. The first-order valence-electron chi connectivity index (χ1n) is 10.8. The average Bonchev–Trinajstić information content (AvgIpc) is 3.14. The summed E-state index contributed by atoms with van der Waals surface area (Å²) in [7, 11) is -0.643. The molecule has 1 spiro atoms. The molecular weight excluding hydrogens is 477 g/mol. The van der Waals surface area contributed by atoms with Crippen molar-refractivity contribution < 1.29 is 21.6 Å². The van der Waals surface area contributed by atoms with Crippen molar-refractivity contribution >= 4 is 33.1 Å². The molecule has 1 aromatic heterocycles. The van der Waals surface area contributed by atoms with Gasteiger partial charge in [-0.05, 0) is 45.5 Å². The average molecular weight is 503 g/mol. The Hall–Kier alpha value is -2.04. The van der Waals surface area contributed by atoms with Crippen LogP contribution in [0, 0.1) is 23.0 Å². The Labute approximate surface area is 196 Å². The van der Waals surface area contributed by atoms with Gasteiger partial charge in [0.25, 0.3) is 10.0 Å². The monoisotopic (exact) mass is 502 g/mol. The number of rotatable bonds is 5. The number of nitrogens with zero attached hydrogens (tertiary/aromatic N) is 3. The molecule has 1 saturated heterocycles. The van der Waals surface area contributed by atoms with E-state index < -0.39 is 43.3 Å². The molecule has 2 heterocycles. The van der Waals surface area contributed by atoms with Gasteiger partial charge in [0.2, 0.25) is 5.95 Å². The summed E-state index contributed by atoms with van der Waals surface area (Å²) in [6.45, 7) is 1.16. The van der Waals surface area contributed by atoms with Crippen LogP contribution in [0.2, 0.25) is 5.02 Å². The number of nitrogens with one attached hydrogen (secondary N) is 1. The Bertz CT molecular complexity index is 1160. The van der Waals surface area contributed by atoms with Crippen molar-refractivity contribution in [1.82, 2.24) is 9.88 Å². The second-order valence-electron chi connectivity index (χ2n) is 9.04. The minimum atomic E-state index is -4.74. The molecule has 1 aliphatic carbocycles. The van der Waals surface area contributed by atoms with Crippen molar-refractivity contribution in [3.05, 3.63) is 46.9 Å². The highest BCUT2D eigenvalue weighted by atomic mass is 35.5. The SMILES string of the molecule is CN(C)[C@@H]1CCCC[C@@]12CCN(c1cc(F)c(S(=O)(=O)Nc3cccc(F)n3)c(F)c1Cl)C2. The van der Waals surface area contributed by atoms with Gasteiger partial charge in [0.05, 0.1) is 5.69 Å². The molecule has 33 heavy (non-hydrogen) atoms. The molecule has 1 aliphatic heterocycles. The maximum atomic E-state index is 15.2. The Morgan fingerprint density at radius 3 is 2.67 bits per heavy atom. The van der Waals surface area contributed by atoms with Crippen LogP contribution in [-0.2, 0) is 10.0 Å². The van der Waals surface area contributed by atoms with Crippen molar-refractivity contribution in [2.24, 2.45) is 5.41 Å². The number of hydrogen-bond acceptors (Lipinski definition) is 5. The highest BCUT2D eigenvalue weighted by Crippen LogP contribution is 2.48. The second-order valence-corrected chi connectivity index (χ2v) is 11.0. The molecule has 1 aromatic carbocycles. The molecule has 1 saturated carbocycles. The van der Waals surface area contributed by atoms with E-state index in [2.05, 4.69) is 9.88 Å². The lowest BCUT2D eigenvalue weighted by atomic mass is 9.69. The fourth-order valence-electron chi connectivity index (χ4n) is 5.37. The Morgan fingerprint density at radius 2 is 1.97 bits per heavy atom. The third-order valence-corrected chi connectivity index (χ3v) is 8.53. The van der Waals surface area contributed by atoms with Crippen molar-refractivity contribution in [2.45, 2.75) is 43.0 Å². The predicted molar refractivity (Wildman–Crippen MR) is 122 cm³/mol. The quantitative estimate of drug-likeness (QED) is 0.476. The molecule has 11 heteroatoms. The van der Waals surface area contributed by atoms with Gasteiger partial charge >= 0.3 is 0 Å². The largest absolute Gasteiger partial charge is 0.370 e. The van der Waals surface area contributed by atoms with Gasteiger partial charge in [0, 0.05) is 30.6 Å². The first-order chi connectivity index (χ1) is 15.5. The van der Waals surface area contributed by atoms with Gasteiger partial charge in [-0.2, -0.15) is 4.39 Å². The van der Waals surface area contributed by atoms with Gasteiger partial charge in [-0.3, -0.25) is 4.72 Å². The third-order valence-electron chi connectivity index (χ3n) is 6.78. The lowest BCUT2D eigenvalue weighted by Gasteiger charge is -2.45. The molecule has 2 fully saturated rings. The molecule has 0 unspecified atom stereocenters. The van der Waals surface area contributed by atoms with E-state index in [0.29, 0.717) is 19.1 Å². The predicted octanol–water partition coefficient (Wildman–Crippen LogP) is 4.65. The van der Waals surface area contributed by atoms with Gasteiger partial charge in [-0.25, -0.2) is 22.2 Å². The van der Waals surface area contributed by atoms with Crippen molar-refractivity contribution in [3.8, 4) is 0 Å². The number of sulfonamides is 1. The van der Waals surface area contributed by atoms with E-state index >= 15 is 8.78 Å². The number of hydrogen-bond donors (Lipinski definition) is 1. The van der Waals surface area contributed by atoms with E-state index in [4.69, 9.17) is 11.6 Å². The van der Waals surface area contributed by atoms with Crippen molar-refractivity contribution in [2.75, 3.05) is 36.8 Å². The van der Waals surface area contributed by atoms with Gasteiger partial charge in [-0.1, -0.05) is 30.5 Å². The fraction of sp³-hybridized carbons (Fsp3) is 0.500. The molecule has 180 valence electrons. The summed E-state index contributed by atoms with van der Waals surface area (Å²) >= 11 is 6.25. The van der Waals surface area contributed by atoms with Crippen LogP contribution in [-0.4, -0.2) is 51.5 Å². The van der Waals surface area contributed by atoms with E-state index in [1.165, 1.54) is 12.1 Å². The second kappa shape index (κ2) is 8.96. The standard InChI is InChI=1S/C22H26ClF3N4O2S/c1-29(2)16-6-3-4-9-22(16)10-11-30(13-22)15-12-14(24)21(20(26)19(15)23)33(31,32)28-18-8-5-7-17(25)27-18/h5,7-8,12,16H,3-4,6,9-11,13H2,1-2H3,(H,27,28)/t16-,22+/m1/s1. The zero-order valence-electron chi connectivity index (χ0n) is 18.4. The normalized spacial score (nSPS) is 23.5. The van der Waals surface area contributed by atoms with Crippen LogP contribution in [0.5, 0.6) is 0 Å². The van der Waals surface area contributed by atoms with E-state index in [9.17, 15) is 12.8 Å². The van der Waals surface area contributed by atoms with Crippen LogP contribution in [0.15, 0.2) is 29.2 Å². The molecule has 4 rings (SSSR count). The van der Waals surface area contributed by atoms with Gasteiger partial charge in [0.15, 0.2) is 10.7 Å². The van der Waals surface area contributed by atoms with Gasteiger partial charge < -0.3 is 9.80 Å². The fourth-order valence-corrected chi connectivity index (χ4v) is 6.84. The summed E-state index contributed by atoms with van der Waals surface area (Å²) in [5.74, 6) is -4.00. The van der Waals surface area contributed by atoms with Crippen LogP contribution >= 0.6 is 11.6 Å². The van der Waals surface area contributed by atoms with Crippen LogP contribution < -0.4 is 9.62 Å². The van der Waals surface area contributed by atoms with Crippen LogP contribution in [0.4, 0.5) is 24.7 Å². The highest BCUT2D eigenvalue weighted by Gasteiger charge is 2.47. The molecule has 0 amide bonds. The first-order valence-corrected chi connectivity index (χ1v) is 12.6. The maximum Gasteiger partial charge on any atom is 0.268 e. The minimum Gasteiger partial charge on any atom is -0.370 e. The molecule has 0 bridgehead atoms. The maximum absolute atomic E-state index is 15.2. The lowest BCUT2D eigenvalue weighted by Crippen LogP contribution is -2.48. The topological polar surface area (TPSA) is 65.5 Å². The van der Waals surface area contributed by atoms with E-state index in [1.807, 2.05) is 23.7 Å². The smallest absolute Gasteiger partial charge is 0.268 e. The van der Waals surface area contributed by atoms with Crippen molar-refractivity contribution in [1.29, 1.82) is 0 Å². The Morgan fingerprint density at radius 1 is 1.21 bits per heavy atom. The molecule has 6 nitrogen and oxygen atoms in total. The van der Waals surface area contributed by atoms with E-state index in [0.717, 1.165) is 44.2 Å². The number of benzene rings is 1. The molecule has 0 radical (unpaired) electrons. The summed E-state index contributed by atoms with van der Waals surface area (Å²) in [6, 6.07) is 4.72. The van der Waals surface area contributed by atoms with E-state index in [-0.39, 0.29) is 11.1 Å². The lowest BCUT2D eigenvalue weighted by molar-refractivity contribution is 0.0724. The molecular formula is C22H26ClF3N4O2S. The zero-order valence-corrected chi connectivity index (χ0v) is 20.0. The molecule has 2 aliphatic rings. The third kappa shape index (κ3) is 4.52. The molecule has 2 atom stereocenters. The summed E-state index contributed by atoms with van der Waals surface area (Å²) < 4.78 is 70.7. The summed E-state index contributed by atoms with van der Waals surface area (Å²) in [5, 5.41) is -0.460. The van der Waals surface area contributed by atoms with Gasteiger partial charge in [0.1, 0.15) is 16.7 Å². The summed E-state index contributed by atoms with van der Waals surface area (Å²) in [5.41, 5.74) is 0.127. The first kappa shape index (κ1) is 24.1. The summed E-state index contributed by atoms with van der Waals surface area (Å²) in [6.07, 6.45) is 5.20.